The fourth-order valence-corrected chi connectivity index (χ4v) is 4.54. The SMILES string of the molecule is CC(=O)Nc1ccc(N2C(=O)CC(N(Cc3cccs3)C(=O)c3cccc([N+](=O)[O-])c3)C2=O)cc1. The van der Waals surface area contributed by atoms with E-state index in [0.29, 0.717) is 11.4 Å². The molecular formula is C24H20N4O6S. The Morgan fingerprint density at radius 3 is 2.51 bits per heavy atom. The maximum absolute atomic E-state index is 13.5. The van der Waals surface area contributed by atoms with Crippen LogP contribution in [0, 0.1) is 10.1 Å². The Hall–Kier alpha value is -4.38. The number of rotatable bonds is 7. The van der Waals surface area contributed by atoms with Gasteiger partial charge in [-0.25, -0.2) is 4.90 Å². The van der Waals surface area contributed by atoms with E-state index in [-0.39, 0.29) is 30.1 Å². The summed E-state index contributed by atoms with van der Waals surface area (Å²) in [5.41, 5.74) is 0.628. The summed E-state index contributed by atoms with van der Waals surface area (Å²) in [7, 11) is 0. The minimum absolute atomic E-state index is 0.0501. The van der Waals surface area contributed by atoms with E-state index in [2.05, 4.69) is 5.32 Å². The fraction of sp³-hybridized carbons (Fsp3) is 0.167. The second-order valence-corrected chi connectivity index (χ2v) is 8.87. The second kappa shape index (κ2) is 9.85. The lowest BCUT2D eigenvalue weighted by molar-refractivity contribution is -0.384. The van der Waals surface area contributed by atoms with E-state index in [0.717, 1.165) is 15.8 Å². The summed E-state index contributed by atoms with van der Waals surface area (Å²) in [5, 5.41) is 15.6. The van der Waals surface area contributed by atoms with Crippen LogP contribution in [0.3, 0.4) is 0 Å². The highest BCUT2D eigenvalue weighted by Crippen LogP contribution is 2.29. The van der Waals surface area contributed by atoms with Gasteiger partial charge < -0.3 is 10.2 Å². The van der Waals surface area contributed by atoms with Crippen molar-refractivity contribution < 1.29 is 24.1 Å². The highest BCUT2D eigenvalue weighted by atomic mass is 32.1. The smallest absolute Gasteiger partial charge is 0.270 e. The maximum atomic E-state index is 13.5. The molecule has 1 fully saturated rings. The van der Waals surface area contributed by atoms with E-state index in [1.807, 2.05) is 5.38 Å². The largest absolute Gasteiger partial charge is 0.326 e. The van der Waals surface area contributed by atoms with Crippen LogP contribution in [0.1, 0.15) is 28.6 Å². The van der Waals surface area contributed by atoms with Gasteiger partial charge in [0.25, 0.3) is 17.5 Å². The van der Waals surface area contributed by atoms with Crippen molar-refractivity contribution in [3.8, 4) is 0 Å². The third kappa shape index (κ3) is 5.09. The Kier molecular flexibility index (Phi) is 6.69. The van der Waals surface area contributed by atoms with Gasteiger partial charge in [-0.2, -0.15) is 0 Å². The standard InChI is InChI=1S/C24H20N4O6S/c1-15(29)25-17-7-9-18(10-8-17)27-22(30)13-21(24(27)32)26(14-20-6-3-11-35-20)23(31)16-4-2-5-19(12-16)28(33)34/h2-12,21H,13-14H2,1H3,(H,25,29). The first-order chi connectivity index (χ1) is 16.7. The predicted molar refractivity (Wildman–Crippen MR) is 129 cm³/mol. The molecule has 1 aliphatic heterocycles. The molecule has 0 bridgehead atoms. The molecule has 0 aliphatic carbocycles. The molecule has 4 amide bonds. The number of imide groups is 1. The van der Waals surface area contributed by atoms with Gasteiger partial charge in [-0.3, -0.25) is 29.3 Å². The molecule has 35 heavy (non-hydrogen) atoms. The molecule has 1 aromatic heterocycles. The molecule has 11 heteroatoms. The number of hydrogen-bond acceptors (Lipinski definition) is 7. The average molecular weight is 493 g/mol. The van der Waals surface area contributed by atoms with Crippen LogP contribution in [0.15, 0.2) is 66.0 Å². The molecule has 178 valence electrons. The fourth-order valence-electron chi connectivity index (χ4n) is 3.84. The van der Waals surface area contributed by atoms with E-state index in [1.54, 1.807) is 24.3 Å². The van der Waals surface area contributed by atoms with Crippen LogP contribution in [-0.2, 0) is 20.9 Å². The normalized spacial score (nSPS) is 15.2. The van der Waals surface area contributed by atoms with Gasteiger partial charge in [0.1, 0.15) is 6.04 Å². The summed E-state index contributed by atoms with van der Waals surface area (Å²) >= 11 is 1.39. The van der Waals surface area contributed by atoms with Gasteiger partial charge in [0, 0.05) is 35.2 Å². The van der Waals surface area contributed by atoms with Gasteiger partial charge in [0.15, 0.2) is 0 Å². The molecule has 1 unspecified atom stereocenters. The van der Waals surface area contributed by atoms with Crippen molar-refractivity contribution in [3.63, 3.8) is 0 Å². The lowest BCUT2D eigenvalue weighted by Gasteiger charge is -2.27. The summed E-state index contributed by atoms with van der Waals surface area (Å²) in [6.45, 7) is 1.44. The Morgan fingerprint density at radius 1 is 1.14 bits per heavy atom. The van der Waals surface area contributed by atoms with Crippen molar-refractivity contribution >= 4 is 52.0 Å². The Bertz CT molecular complexity index is 1310. The van der Waals surface area contributed by atoms with Crippen LogP contribution in [0.4, 0.5) is 17.1 Å². The van der Waals surface area contributed by atoms with E-state index in [1.165, 1.54) is 53.5 Å². The van der Waals surface area contributed by atoms with Crippen molar-refractivity contribution in [2.45, 2.75) is 25.9 Å². The van der Waals surface area contributed by atoms with Crippen molar-refractivity contribution in [1.29, 1.82) is 0 Å². The topological polar surface area (TPSA) is 130 Å². The van der Waals surface area contributed by atoms with Gasteiger partial charge in [0.2, 0.25) is 11.8 Å². The zero-order valence-electron chi connectivity index (χ0n) is 18.5. The average Bonchev–Trinajstić information content (AvgIpc) is 3.45. The van der Waals surface area contributed by atoms with Crippen molar-refractivity contribution in [2.24, 2.45) is 0 Å². The van der Waals surface area contributed by atoms with E-state index in [4.69, 9.17) is 0 Å². The molecule has 1 N–H and O–H groups in total. The number of carbonyl (C=O) groups excluding carboxylic acids is 4. The number of carbonyl (C=O) groups is 4. The number of non-ortho nitro benzene ring substituents is 1. The van der Waals surface area contributed by atoms with Gasteiger partial charge in [0.05, 0.1) is 23.6 Å². The third-order valence-electron chi connectivity index (χ3n) is 5.42. The Morgan fingerprint density at radius 2 is 1.89 bits per heavy atom. The van der Waals surface area contributed by atoms with Crippen LogP contribution < -0.4 is 10.2 Å². The summed E-state index contributed by atoms with van der Waals surface area (Å²) < 4.78 is 0. The second-order valence-electron chi connectivity index (χ2n) is 7.84. The van der Waals surface area contributed by atoms with Crippen molar-refractivity contribution in [3.05, 3.63) is 86.6 Å². The molecule has 2 heterocycles. The first-order valence-corrected chi connectivity index (χ1v) is 11.4. The molecule has 0 saturated carbocycles. The van der Waals surface area contributed by atoms with Crippen molar-refractivity contribution in [1.82, 2.24) is 4.90 Å². The molecule has 1 saturated heterocycles. The van der Waals surface area contributed by atoms with Crippen LogP contribution >= 0.6 is 11.3 Å². The quantitative estimate of drug-likeness (QED) is 0.305. The van der Waals surface area contributed by atoms with E-state index in [9.17, 15) is 29.3 Å². The molecular weight excluding hydrogens is 472 g/mol. The summed E-state index contributed by atoms with van der Waals surface area (Å²) in [6.07, 6.45) is -0.224. The molecule has 4 rings (SSSR count). The number of anilines is 2. The monoisotopic (exact) mass is 492 g/mol. The number of benzene rings is 2. The zero-order chi connectivity index (χ0) is 25.1. The first-order valence-electron chi connectivity index (χ1n) is 10.6. The van der Waals surface area contributed by atoms with Crippen LogP contribution in [0.5, 0.6) is 0 Å². The number of nitro groups is 1. The van der Waals surface area contributed by atoms with Crippen molar-refractivity contribution in [2.75, 3.05) is 10.2 Å². The molecule has 0 spiro atoms. The maximum Gasteiger partial charge on any atom is 0.270 e. The molecule has 0 radical (unpaired) electrons. The van der Waals surface area contributed by atoms with Gasteiger partial charge in [-0.05, 0) is 41.8 Å². The van der Waals surface area contributed by atoms with E-state index >= 15 is 0 Å². The Balaban J connectivity index is 1.65. The lowest BCUT2D eigenvalue weighted by Crippen LogP contribution is -2.45. The number of nitro benzene ring substituents is 1. The predicted octanol–water partition coefficient (Wildman–Crippen LogP) is 3.59. The zero-order valence-corrected chi connectivity index (χ0v) is 19.4. The van der Waals surface area contributed by atoms with Gasteiger partial charge in [-0.1, -0.05) is 12.1 Å². The third-order valence-corrected chi connectivity index (χ3v) is 6.28. The highest BCUT2D eigenvalue weighted by Gasteiger charge is 2.44. The minimum atomic E-state index is -1.08. The van der Waals surface area contributed by atoms with Gasteiger partial charge in [-0.15, -0.1) is 11.3 Å². The minimum Gasteiger partial charge on any atom is -0.326 e. The molecule has 2 aromatic carbocycles. The van der Waals surface area contributed by atoms with Crippen LogP contribution in [0.2, 0.25) is 0 Å². The lowest BCUT2D eigenvalue weighted by atomic mass is 10.1. The highest BCUT2D eigenvalue weighted by molar-refractivity contribution is 7.09. The number of thiophene rings is 1. The molecule has 1 atom stereocenters. The summed E-state index contributed by atoms with van der Waals surface area (Å²) in [5.74, 6) is -1.89. The number of hydrogen-bond donors (Lipinski definition) is 1. The van der Waals surface area contributed by atoms with Crippen LogP contribution in [0.25, 0.3) is 0 Å². The summed E-state index contributed by atoms with van der Waals surface area (Å²) in [4.78, 5) is 64.7. The molecule has 10 nitrogen and oxygen atoms in total. The molecule has 3 aromatic rings. The first kappa shape index (κ1) is 23.8. The number of nitrogens with one attached hydrogen (secondary N) is 1. The van der Waals surface area contributed by atoms with E-state index < -0.39 is 28.7 Å². The van der Waals surface area contributed by atoms with Crippen LogP contribution in [-0.4, -0.2) is 39.5 Å². The number of amides is 4. The summed E-state index contributed by atoms with van der Waals surface area (Å²) in [6, 6.07) is 14.0. The Labute approximate surface area is 203 Å². The molecule has 1 aliphatic rings. The van der Waals surface area contributed by atoms with Gasteiger partial charge >= 0.3 is 0 Å². The number of nitrogens with zero attached hydrogens (tertiary/aromatic N) is 3.